The maximum Gasteiger partial charge on any atom is 0.0720 e. The van der Waals surface area contributed by atoms with Gasteiger partial charge < -0.3 is 4.57 Å². The van der Waals surface area contributed by atoms with E-state index in [1.54, 1.807) is 0 Å². The number of thiophene rings is 2. The molecule has 0 aliphatic rings. The fourth-order valence-corrected chi connectivity index (χ4v) is 11.2. The van der Waals surface area contributed by atoms with Crippen molar-refractivity contribution in [1.29, 1.82) is 0 Å². The lowest BCUT2D eigenvalue weighted by Gasteiger charge is -2.11. The van der Waals surface area contributed by atoms with Gasteiger partial charge in [-0.2, -0.15) is 0 Å². The van der Waals surface area contributed by atoms with E-state index in [4.69, 9.17) is 0 Å². The van der Waals surface area contributed by atoms with Crippen molar-refractivity contribution in [2.24, 2.45) is 0 Å². The first-order valence-electron chi connectivity index (χ1n) is 17.9. The highest BCUT2D eigenvalue weighted by Gasteiger charge is 2.23. The average molecular weight is 709 g/mol. The van der Waals surface area contributed by atoms with Crippen molar-refractivity contribution in [2.75, 3.05) is 0 Å². The number of hydrogen-bond acceptors (Lipinski definition) is 3. The van der Waals surface area contributed by atoms with Crippen LogP contribution in [0.1, 0.15) is 0 Å². The Morgan fingerprint density at radius 2 is 1.23 bits per heavy atom. The summed E-state index contributed by atoms with van der Waals surface area (Å²) in [6.07, 6.45) is 3.81. The Morgan fingerprint density at radius 1 is 0.434 bits per heavy atom. The van der Waals surface area contributed by atoms with Gasteiger partial charge in [0.2, 0.25) is 0 Å². The Bertz CT molecular complexity index is 3440. The maximum absolute atomic E-state index is 4.43. The Labute approximate surface area is 312 Å². The van der Waals surface area contributed by atoms with Crippen molar-refractivity contribution in [3.63, 3.8) is 0 Å². The normalized spacial score (nSPS) is 12.2. The van der Waals surface area contributed by atoms with E-state index in [9.17, 15) is 0 Å². The number of pyridine rings is 1. The summed E-state index contributed by atoms with van der Waals surface area (Å²) in [5, 5.41) is 12.9. The summed E-state index contributed by atoms with van der Waals surface area (Å²) < 4.78 is 7.74. The fourth-order valence-electron chi connectivity index (χ4n) is 8.67. The zero-order valence-electron chi connectivity index (χ0n) is 28.4. The molecule has 0 aliphatic heterocycles. The highest BCUT2D eigenvalue weighted by molar-refractivity contribution is 7.27. The predicted molar refractivity (Wildman–Crippen MR) is 230 cm³/mol. The molecular weight excluding hydrogens is 681 g/mol. The van der Waals surface area contributed by atoms with Gasteiger partial charge >= 0.3 is 0 Å². The molecule has 2 nitrogen and oxygen atoms in total. The quantitative estimate of drug-likeness (QED) is 0.179. The molecule has 0 aliphatic carbocycles. The minimum Gasteiger partial charge on any atom is -0.308 e. The molecule has 12 aromatic rings. The Morgan fingerprint density at radius 3 is 2.09 bits per heavy atom. The van der Waals surface area contributed by atoms with Gasteiger partial charge in [-0.3, -0.25) is 4.98 Å². The van der Waals surface area contributed by atoms with Gasteiger partial charge in [0.05, 0.1) is 15.7 Å². The van der Waals surface area contributed by atoms with Gasteiger partial charge in [-0.25, -0.2) is 0 Å². The van der Waals surface area contributed by atoms with Crippen LogP contribution in [0, 0.1) is 0 Å². The van der Waals surface area contributed by atoms with E-state index in [-0.39, 0.29) is 0 Å². The van der Waals surface area contributed by atoms with Gasteiger partial charge in [-0.15, -0.1) is 22.7 Å². The van der Waals surface area contributed by atoms with E-state index >= 15 is 0 Å². The molecule has 12 rings (SSSR count). The summed E-state index contributed by atoms with van der Waals surface area (Å²) >= 11 is 3.80. The molecule has 0 atom stereocenters. The Kier molecular flexibility index (Phi) is 6.12. The van der Waals surface area contributed by atoms with Crippen LogP contribution in [0.25, 0.3) is 112 Å². The summed E-state index contributed by atoms with van der Waals surface area (Å²) in [6.45, 7) is 0. The van der Waals surface area contributed by atoms with Crippen molar-refractivity contribution in [1.82, 2.24) is 9.55 Å². The summed E-state index contributed by atoms with van der Waals surface area (Å²) in [7, 11) is 0. The van der Waals surface area contributed by atoms with E-state index in [1.807, 2.05) is 41.1 Å². The van der Waals surface area contributed by atoms with Gasteiger partial charge in [-0.1, -0.05) is 103 Å². The second-order valence-electron chi connectivity index (χ2n) is 13.9. The molecule has 0 saturated carbocycles. The van der Waals surface area contributed by atoms with Gasteiger partial charge in [0.1, 0.15) is 0 Å². The van der Waals surface area contributed by atoms with Crippen LogP contribution in [-0.4, -0.2) is 9.55 Å². The van der Waals surface area contributed by atoms with Crippen LogP contribution >= 0.6 is 22.7 Å². The van der Waals surface area contributed by atoms with E-state index in [1.165, 1.54) is 106 Å². The second kappa shape index (κ2) is 11.1. The monoisotopic (exact) mass is 708 g/mol. The van der Waals surface area contributed by atoms with Crippen LogP contribution < -0.4 is 0 Å². The summed E-state index contributed by atoms with van der Waals surface area (Å²) in [6, 6.07) is 58.4. The standard InChI is InChI=1S/C49H28N2S2/c1-2-14-34(15-3-1)51-42-21-19-29-10-6-7-16-35(29)45(42)41-27-38(46-40-24-30-11-4-5-12-31(30)26-44(40)53-49(46)47(41)51)32-20-22-43-39(25-32)37-18-8-17-36(48(37)52-43)33-13-9-23-50-28-33/h1-28H. The van der Waals surface area contributed by atoms with E-state index < -0.39 is 0 Å². The third-order valence-corrected chi connectivity index (χ3v) is 13.4. The minimum absolute atomic E-state index is 1.15. The van der Waals surface area contributed by atoms with Crippen molar-refractivity contribution in [3.05, 3.63) is 170 Å². The Hall–Kier alpha value is -6.33. The molecule has 0 spiro atoms. The summed E-state index contributed by atoms with van der Waals surface area (Å²) in [5.41, 5.74) is 8.58. The first-order valence-corrected chi connectivity index (χ1v) is 19.6. The molecule has 0 unspecified atom stereocenters. The van der Waals surface area contributed by atoms with Crippen LogP contribution in [0.15, 0.2) is 170 Å². The van der Waals surface area contributed by atoms with Gasteiger partial charge in [-0.05, 0) is 87.3 Å². The molecule has 53 heavy (non-hydrogen) atoms. The average Bonchev–Trinajstić information content (AvgIpc) is 3.89. The lowest BCUT2D eigenvalue weighted by atomic mass is 9.94. The number of fused-ring (bicyclic) bond motifs is 13. The van der Waals surface area contributed by atoms with Gasteiger partial charge in [0, 0.05) is 75.6 Å². The molecule has 8 aromatic carbocycles. The van der Waals surface area contributed by atoms with Crippen LogP contribution in [0.5, 0.6) is 0 Å². The number of para-hydroxylation sites is 1. The molecule has 0 N–H and O–H groups in total. The van der Waals surface area contributed by atoms with Crippen LogP contribution in [0.3, 0.4) is 0 Å². The highest BCUT2D eigenvalue weighted by Crippen LogP contribution is 2.50. The molecule has 0 fully saturated rings. The van der Waals surface area contributed by atoms with Crippen molar-refractivity contribution in [2.45, 2.75) is 0 Å². The first kappa shape index (κ1) is 29.3. The minimum atomic E-state index is 1.15. The number of hydrogen-bond donors (Lipinski definition) is 0. The molecule has 0 amide bonds. The molecule has 0 saturated heterocycles. The van der Waals surface area contributed by atoms with Crippen LogP contribution in [0.4, 0.5) is 0 Å². The van der Waals surface area contributed by atoms with Crippen molar-refractivity contribution in [3.8, 4) is 27.9 Å². The van der Waals surface area contributed by atoms with Gasteiger partial charge in [0.15, 0.2) is 0 Å². The number of aromatic nitrogens is 2. The maximum atomic E-state index is 4.43. The van der Waals surface area contributed by atoms with Crippen molar-refractivity contribution >= 4 is 106 Å². The van der Waals surface area contributed by atoms with Crippen LogP contribution in [0.2, 0.25) is 0 Å². The number of benzene rings is 8. The molecule has 0 bridgehead atoms. The van der Waals surface area contributed by atoms with E-state index in [0.29, 0.717) is 0 Å². The SMILES string of the molecule is c1ccc(-n2c3ccc4ccccc4c3c3cc(-c4ccc5sc6c(-c7cccnc7)cccc6c5c4)c4c5cc6ccccc6cc5sc4c32)cc1. The largest absolute Gasteiger partial charge is 0.308 e. The molecular formula is C49H28N2S2. The molecule has 0 radical (unpaired) electrons. The third-order valence-electron chi connectivity index (χ3n) is 11.0. The summed E-state index contributed by atoms with van der Waals surface area (Å²) in [4.78, 5) is 4.43. The van der Waals surface area contributed by atoms with E-state index in [2.05, 4.69) is 161 Å². The molecule has 4 aromatic heterocycles. The highest BCUT2D eigenvalue weighted by atomic mass is 32.1. The van der Waals surface area contributed by atoms with Gasteiger partial charge in [0.25, 0.3) is 0 Å². The van der Waals surface area contributed by atoms with Crippen molar-refractivity contribution < 1.29 is 0 Å². The first-order chi connectivity index (χ1) is 26.3. The zero-order chi connectivity index (χ0) is 34.6. The lowest BCUT2D eigenvalue weighted by molar-refractivity contribution is 1.19. The smallest absolute Gasteiger partial charge is 0.0720 e. The lowest BCUT2D eigenvalue weighted by Crippen LogP contribution is -1.93. The summed E-state index contributed by atoms with van der Waals surface area (Å²) in [5.74, 6) is 0. The number of nitrogens with zero attached hydrogens (tertiary/aromatic N) is 2. The molecule has 4 heterocycles. The topological polar surface area (TPSA) is 17.8 Å². The molecule has 4 heteroatoms. The van der Waals surface area contributed by atoms with Crippen LogP contribution in [-0.2, 0) is 0 Å². The zero-order valence-corrected chi connectivity index (χ0v) is 30.0. The third kappa shape index (κ3) is 4.22. The fraction of sp³-hybridized carbons (Fsp3) is 0. The second-order valence-corrected chi connectivity index (χ2v) is 16.0. The molecule has 246 valence electrons. The van der Waals surface area contributed by atoms with E-state index in [0.717, 1.165) is 5.56 Å². The predicted octanol–water partition coefficient (Wildman–Crippen LogP) is 14.6. The Balaban J connectivity index is 1.25. The number of rotatable bonds is 3.